The summed E-state index contributed by atoms with van der Waals surface area (Å²) in [6.45, 7) is 2.49. The summed E-state index contributed by atoms with van der Waals surface area (Å²) in [4.78, 5) is 12.9. The van der Waals surface area contributed by atoms with Crippen LogP contribution < -0.4 is 15.4 Å². The lowest BCUT2D eigenvalue weighted by Crippen LogP contribution is -2.05. The summed E-state index contributed by atoms with van der Waals surface area (Å²) in [7, 11) is 1.59. The molecule has 25 heavy (non-hydrogen) atoms. The van der Waals surface area contributed by atoms with Crippen molar-refractivity contribution in [3.05, 3.63) is 65.2 Å². The Bertz CT molecular complexity index is 857. The molecular formula is C18H18ClN5O. The van der Waals surface area contributed by atoms with Gasteiger partial charge in [-0.25, -0.2) is 9.97 Å². The number of aromatic nitrogens is 3. The van der Waals surface area contributed by atoms with E-state index in [1.54, 1.807) is 25.4 Å². The van der Waals surface area contributed by atoms with Gasteiger partial charge in [0.2, 0.25) is 0 Å². The Hall–Kier alpha value is -2.86. The van der Waals surface area contributed by atoms with Gasteiger partial charge in [-0.2, -0.15) is 0 Å². The Morgan fingerprint density at radius 3 is 2.68 bits per heavy atom. The van der Waals surface area contributed by atoms with Crippen molar-refractivity contribution in [3.8, 4) is 5.75 Å². The summed E-state index contributed by atoms with van der Waals surface area (Å²) in [6.07, 6.45) is 3.57. The quantitative estimate of drug-likeness (QED) is 0.690. The van der Waals surface area contributed by atoms with Crippen molar-refractivity contribution < 1.29 is 4.74 Å². The van der Waals surface area contributed by atoms with Crippen molar-refractivity contribution in [1.82, 2.24) is 15.0 Å². The molecule has 2 heterocycles. The van der Waals surface area contributed by atoms with Gasteiger partial charge in [-0.1, -0.05) is 17.7 Å². The zero-order chi connectivity index (χ0) is 17.6. The van der Waals surface area contributed by atoms with Crippen LogP contribution in [0.2, 0.25) is 5.02 Å². The van der Waals surface area contributed by atoms with Gasteiger partial charge >= 0.3 is 0 Å². The lowest BCUT2D eigenvalue weighted by atomic mass is 10.3. The molecule has 0 saturated heterocycles. The van der Waals surface area contributed by atoms with Crippen LogP contribution >= 0.6 is 11.6 Å². The van der Waals surface area contributed by atoms with Gasteiger partial charge in [0.15, 0.2) is 0 Å². The van der Waals surface area contributed by atoms with Crippen molar-refractivity contribution in [1.29, 1.82) is 0 Å². The third-order valence-corrected chi connectivity index (χ3v) is 3.75. The van der Waals surface area contributed by atoms with Crippen LogP contribution in [0, 0.1) is 6.92 Å². The fourth-order valence-corrected chi connectivity index (χ4v) is 2.57. The highest BCUT2D eigenvalue weighted by atomic mass is 35.5. The van der Waals surface area contributed by atoms with E-state index in [4.69, 9.17) is 16.3 Å². The molecule has 0 bridgehead atoms. The van der Waals surface area contributed by atoms with E-state index < -0.39 is 0 Å². The zero-order valence-electron chi connectivity index (χ0n) is 14.0. The molecule has 0 spiro atoms. The fourth-order valence-electron chi connectivity index (χ4n) is 2.31. The molecule has 7 heteroatoms. The Balaban J connectivity index is 1.74. The Labute approximate surface area is 151 Å². The van der Waals surface area contributed by atoms with Gasteiger partial charge in [-0.15, -0.1) is 0 Å². The molecular weight excluding hydrogens is 338 g/mol. The molecule has 0 unspecified atom stereocenters. The van der Waals surface area contributed by atoms with E-state index in [1.165, 1.54) is 0 Å². The van der Waals surface area contributed by atoms with Crippen LogP contribution in [-0.4, -0.2) is 22.1 Å². The Kier molecular flexibility index (Phi) is 5.30. The van der Waals surface area contributed by atoms with E-state index in [0.29, 0.717) is 29.0 Å². The minimum atomic E-state index is 0.535. The minimum absolute atomic E-state index is 0.535. The molecule has 128 valence electrons. The molecule has 0 aliphatic rings. The van der Waals surface area contributed by atoms with Crippen molar-refractivity contribution in [2.24, 2.45) is 0 Å². The number of nitrogens with one attached hydrogen (secondary N) is 2. The first-order valence-electron chi connectivity index (χ1n) is 7.73. The summed E-state index contributed by atoms with van der Waals surface area (Å²) < 4.78 is 5.16. The molecule has 6 nitrogen and oxygen atoms in total. The average Bonchev–Trinajstić information content (AvgIpc) is 2.61. The summed E-state index contributed by atoms with van der Waals surface area (Å²) in [5.74, 6) is 2.71. The van der Waals surface area contributed by atoms with E-state index in [9.17, 15) is 0 Å². The number of ether oxygens (including phenoxy) is 1. The number of anilines is 3. The highest BCUT2D eigenvalue weighted by Gasteiger charge is 2.05. The monoisotopic (exact) mass is 355 g/mol. The Morgan fingerprint density at radius 1 is 1.12 bits per heavy atom. The molecule has 3 rings (SSSR count). The third kappa shape index (κ3) is 4.58. The Morgan fingerprint density at radius 2 is 1.96 bits per heavy atom. The van der Waals surface area contributed by atoms with Crippen LogP contribution in [0.1, 0.15) is 11.4 Å². The normalized spacial score (nSPS) is 10.4. The topological polar surface area (TPSA) is 72.0 Å². The fraction of sp³-hybridized carbons (Fsp3) is 0.167. The van der Waals surface area contributed by atoms with Crippen LogP contribution in [0.15, 0.2) is 48.8 Å². The standard InChI is InChI=1S/C18H18ClN5O/c1-12-22-17(21-11-13-4-3-7-20-10-13)9-18(23-12)24-14-5-6-16(25-2)15(19)8-14/h3-10H,11H2,1-2H3,(H2,21,22,23,24). The molecule has 0 aliphatic carbocycles. The van der Waals surface area contributed by atoms with E-state index in [-0.39, 0.29) is 0 Å². The van der Waals surface area contributed by atoms with E-state index in [0.717, 1.165) is 17.1 Å². The van der Waals surface area contributed by atoms with E-state index in [2.05, 4.69) is 25.6 Å². The largest absolute Gasteiger partial charge is 0.495 e. The number of benzene rings is 1. The molecule has 0 atom stereocenters. The van der Waals surface area contributed by atoms with Crippen LogP contribution in [0.25, 0.3) is 0 Å². The number of rotatable bonds is 6. The highest BCUT2D eigenvalue weighted by Crippen LogP contribution is 2.28. The lowest BCUT2D eigenvalue weighted by molar-refractivity contribution is 0.415. The molecule has 2 N–H and O–H groups in total. The summed E-state index contributed by atoms with van der Waals surface area (Å²) >= 11 is 6.16. The number of halogens is 1. The average molecular weight is 356 g/mol. The first kappa shape index (κ1) is 17.0. The van der Waals surface area contributed by atoms with Crippen molar-refractivity contribution in [2.75, 3.05) is 17.7 Å². The lowest BCUT2D eigenvalue weighted by Gasteiger charge is -2.11. The molecule has 2 aromatic heterocycles. The first-order valence-corrected chi connectivity index (χ1v) is 8.11. The molecule has 3 aromatic rings. The van der Waals surface area contributed by atoms with Crippen LogP contribution in [0.3, 0.4) is 0 Å². The summed E-state index contributed by atoms with van der Waals surface area (Å²) in [5.41, 5.74) is 1.90. The maximum Gasteiger partial charge on any atom is 0.137 e. The van der Waals surface area contributed by atoms with Gasteiger partial charge in [0.25, 0.3) is 0 Å². The second-order valence-corrected chi connectivity index (χ2v) is 5.78. The number of hydrogen-bond acceptors (Lipinski definition) is 6. The highest BCUT2D eigenvalue weighted by molar-refractivity contribution is 6.32. The minimum Gasteiger partial charge on any atom is -0.495 e. The number of aryl methyl sites for hydroxylation is 1. The second kappa shape index (κ2) is 7.81. The van der Waals surface area contributed by atoms with Crippen molar-refractivity contribution in [2.45, 2.75) is 13.5 Å². The van der Waals surface area contributed by atoms with Gasteiger partial charge in [0.1, 0.15) is 23.2 Å². The van der Waals surface area contributed by atoms with Gasteiger partial charge in [0, 0.05) is 30.7 Å². The van der Waals surface area contributed by atoms with Gasteiger partial charge in [-0.3, -0.25) is 4.98 Å². The predicted molar refractivity (Wildman–Crippen MR) is 99.6 cm³/mol. The molecule has 0 aliphatic heterocycles. The van der Waals surface area contributed by atoms with Crippen molar-refractivity contribution >= 4 is 28.9 Å². The number of pyridine rings is 1. The second-order valence-electron chi connectivity index (χ2n) is 5.37. The number of methoxy groups -OCH3 is 1. The molecule has 0 amide bonds. The summed E-state index contributed by atoms with van der Waals surface area (Å²) in [6, 6.07) is 11.2. The van der Waals surface area contributed by atoms with Crippen LogP contribution in [0.4, 0.5) is 17.3 Å². The smallest absolute Gasteiger partial charge is 0.137 e. The van der Waals surface area contributed by atoms with Gasteiger partial charge in [0.05, 0.1) is 12.1 Å². The molecule has 1 aromatic carbocycles. The van der Waals surface area contributed by atoms with Crippen LogP contribution in [-0.2, 0) is 6.54 Å². The van der Waals surface area contributed by atoms with Crippen LogP contribution in [0.5, 0.6) is 5.75 Å². The van der Waals surface area contributed by atoms with Gasteiger partial charge < -0.3 is 15.4 Å². The molecule has 0 fully saturated rings. The maximum atomic E-state index is 6.16. The first-order chi connectivity index (χ1) is 12.1. The number of nitrogens with zero attached hydrogens (tertiary/aromatic N) is 3. The SMILES string of the molecule is COc1ccc(Nc2cc(NCc3cccnc3)nc(C)n2)cc1Cl. The molecule has 0 saturated carbocycles. The van der Waals surface area contributed by atoms with E-state index in [1.807, 2.05) is 37.4 Å². The third-order valence-electron chi connectivity index (χ3n) is 3.46. The summed E-state index contributed by atoms with van der Waals surface area (Å²) in [5, 5.41) is 7.05. The predicted octanol–water partition coefficient (Wildman–Crippen LogP) is 4.20. The van der Waals surface area contributed by atoms with Gasteiger partial charge in [-0.05, 0) is 36.8 Å². The maximum absolute atomic E-state index is 6.16. The molecule has 0 radical (unpaired) electrons. The van der Waals surface area contributed by atoms with E-state index >= 15 is 0 Å². The number of hydrogen-bond donors (Lipinski definition) is 2. The van der Waals surface area contributed by atoms with Crippen molar-refractivity contribution in [3.63, 3.8) is 0 Å². The zero-order valence-corrected chi connectivity index (χ0v) is 14.7.